The highest BCUT2D eigenvalue weighted by Crippen LogP contribution is 2.33. The van der Waals surface area contributed by atoms with Gasteiger partial charge in [0.1, 0.15) is 5.69 Å². The van der Waals surface area contributed by atoms with Crippen LogP contribution >= 0.6 is 0 Å². The molecule has 2 saturated carbocycles. The van der Waals surface area contributed by atoms with Gasteiger partial charge in [0.25, 0.3) is 11.8 Å². The van der Waals surface area contributed by atoms with Gasteiger partial charge in [-0.15, -0.1) is 0 Å². The van der Waals surface area contributed by atoms with Crippen molar-refractivity contribution >= 4 is 23.1 Å². The van der Waals surface area contributed by atoms with E-state index in [-0.39, 0.29) is 29.4 Å². The van der Waals surface area contributed by atoms with Crippen LogP contribution in [0, 0.1) is 0 Å². The molecule has 5 heterocycles. The minimum absolute atomic E-state index is 0.193. The lowest BCUT2D eigenvalue weighted by Crippen LogP contribution is -2.41. The normalized spacial score (nSPS) is 17.8. The van der Waals surface area contributed by atoms with E-state index >= 15 is 0 Å². The molecule has 0 radical (unpaired) electrons. The van der Waals surface area contributed by atoms with Crippen LogP contribution in [0.1, 0.15) is 65.5 Å². The van der Waals surface area contributed by atoms with Gasteiger partial charge in [-0.2, -0.15) is 20.1 Å². The first-order chi connectivity index (χ1) is 18.1. The predicted octanol–water partition coefficient (Wildman–Crippen LogP) is 1.51. The Balaban J connectivity index is 1.19. The summed E-state index contributed by atoms with van der Waals surface area (Å²) in [6.07, 6.45) is 13.0. The fraction of sp³-hybridized carbons (Fsp3) is 0.417. The number of aromatic nitrogens is 7. The van der Waals surface area contributed by atoms with Gasteiger partial charge in [0.15, 0.2) is 11.3 Å². The van der Waals surface area contributed by atoms with Crippen molar-refractivity contribution in [3.63, 3.8) is 0 Å². The monoisotopic (exact) mass is 501 g/mol. The number of hydrazine groups is 1. The maximum atomic E-state index is 13.3. The van der Waals surface area contributed by atoms with Crippen LogP contribution in [0.5, 0.6) is 0 Å². The molecule has 0 bridgehead atoms. The molecule has 0 atom stereocenters. The zero-order chi connectivity index (χ0) is 24.9. The highest BCUT2D eigenvalue weighted by molar-refractivity contribution is 6.07. The number of fused-ring (bicyclic) bond motifs is 1. The molecule has 190 valence electrons. The summed E-state index contributed by atoms with van der Waals surface area (Å²) >= 11 is 0. The zero-order valence-corrected chi connectivity index (χ0v) is 20.2. The van der Waals surface area contributed by atoms with E-state index in [1.54, 1.807) is 44.8 Å². The van der Waals surface area contributed by atoms with E-state index in [4.69, 9.17) is 0 Å². The van der Waals surface area contributed by atoms with E-state index < -0.39 is 5.91 Å². The molecule has 3 N–H and O–H groups in total. The van der Waals surface area contributed by atoms with E-state index in [9.17, 15) is 9.59 Å². The molecule has 4 aromatic rings. The van der Waals surface area contributed by atoms with E-state index in [1.807, 2.05) is 11.2 Å². The molecule has 0 aromatic carbocycles. The summed E-state index contributed by atoms with van der Waals surface area (Å²) in [5.74, 6) is -0.681. The second kappa shape index (κ2) is 8.69. The van der Waals surface area contributed by atoms with Crippen molar-refractivity contribution in [3.8, 4) is 11.3 Å². The number of carbonyl (C=O) groups excluding carboxylic acids is 2. The van der Waals surface area contributed by atoms with Crippen molar-refractivity contribution in [2.75, 3.05) is 23.5 Å². The molecule has 2 aliphatic carbocycles. The fourth-order valence-corrected chi connectivity index (χ4v) is 4.70. The second-order valence-electron chi connectivity index (χ2n) is 9.79. The molecule has 2 amide bonds. The van der Waals surface area contributed by atoms with Crippen molar-refractivity contribution in [1.82, 2.24) is 45.0 Å². The summed E-state index contributed by atoms with van der Waals surface area (Å²) in [7, 11) is 0. The molecule has 3 aliphatic rings. The lowest BCUT2D eigenvalue weighted by Gasteiger charge is -2.25. The number of rotatable bonds is 7. The number of carbonyl (C=O) groups is 2. The summed E-state index contributed by atoms with van der Waals surface area (Å²) < 4.78 is 3.43. The number of amides is 2. The minimum atomic E-state index is -0.419. The zero-order valence-electron chi connectivity index (χ0n) is 20.2. The molecule has 1 aliphatic heterocycles. The molecule has 13 nitrogen and oxygen atoms in total. The van der Waals surface area contributed by atoms with Crippen molar-refractivity contribution in [3.05, 3.63) is 48.3 Å². The van der Waals surface area contributed by atoms with Crippen molar-refractivity contribution < 1.29 is 9.59 Å². The third kappa shape index (κ3) is 4.00. The molecule has 4 aromatic heterocycles. The molecule has 0 spiro atoms. The molecule has 0 unspecified atom stereocenters. The molecule has 13 heteroatoms. The number of hydrogen-bond acceptors (Lipinski definition) is 8. The highest BCUT2D eigenvalue weighted by Gasteiger charge is 2.29. The summed E-state index contributed by atoms with van der Waals surface area (Å²) in [4.78, 5) is 32.6. The molecular weight excluding hydrogens is 474 g/mol. The van der Waals surface area contributed by atoms with Crippen LogP contribution in [-0.2, 0) is 0 Å². The Labute approximate surface area is 211 Å². The van der Waals surface area contributed by atoms with Gasteiger partial charge in [0.2, 0.25) is 0 Å². The van der Waals surface area contributed by atoms with E-state index in [0.717, 1.165) is 62.9 Å². The molecular formula is C24H27N11O2. The third-order valence-corrected chi connectivity index (χ3v) is 7.13. The first-order valence-electron chi connectivity index (χ1n) is 12.8. The second-order valence-corrected chi connectivity index (χ2v) is 9.79. The van der Waals surface area contributed by atoms with Gasteiger partial charge in [0, 0.05) is 25.0 Å². The number of nitrogens with one attached hydrogen (secondary N) is 3. The van der Waals surface area contributed by atoms with Crippen LogP contribution in [0.2, 0.25) is 0 Å². The summed E-state index contributed by atoms with van der Waals surface area (Å²) in [6, 6.07) is 3.96. The largest absolute Gasteiger partial charge is 0.348 e. The number of hydrogen-bond donors (Lipinski definition) is 3. The lowest BCUT2D eigenvalue weighted by molar-refractivity contribution is 0.0945. The van der Waals surface area contributed by atoms with Crippen molar-refractivity contribution in [1.29, 1.82) is 0 Å². The minimum Gasteiger partial charge on any atom is -0.348 e. The first kappa shape index (κ1) is 22.0. The van der Waals surface area contributed by atoms with Crippen LogP contribution in [0.15, 0.2) is 36.9 Å². The molecule has 7 rings (SSSR count). The smallest absolute Gasteiger partial charge is 0.274 e. The summed E-state index contributed by atoms with van der Waals surface area (Å²) in [5.41, 5.74) is 6.24. The SMILES string of the molecule is O=C(Nc1cn(C2CCC2)nc1C(=O)NC1CC1)c1ccn2ncc(-c3ccnn3N3CCCN3)c2n1. The number of anilines is 1. The Morgan fingerprint density at radius 3 is 2.70 bits per heavy atom. The summed E-state index contributed by atoms with van der Waals surface area (Å²) in [6.45, 7) is 1.72. The van der Waals surface area contributed by atoms with Crippen LogP contribution in [0.25, 0.3) is 16.9 Å². The highest BCUT2D eigenvalue weighted by atomic mass is 16.2. The van der Waals surface area contributed by atoms with Gasteiger partial charge in [-0.25, -0.2) is 20.0 Å². The Kier molecular flexibility index (Phi) is 5.16. The molecule has 37 heavy (non-hydrogen) atoms. The van der Waals surface area contributed by atoms with Crippen LogP contribution in [0.4, 0.5) is 5.69 Å². The predicted molar refractivity (Wildman–Crippen MR) is 133 cm³/mol. The third-order valence-electron chi connectivity index (χ3n) is 7.13. The van der Waals surface area contributed by atoms with Crippen LogP contribution in [0.3, 0.4) is 0 Å². The average Bonchev–Trinajstić information content (AvgIpc) is 3.32. The first-order valence-corrected chi connectivity index (χ1v) is 12.8. The van der Waals surface area contributed by atoms with E-state index in [2.05, 4.69) is 36.3 Å². The standard InChI is InChI=1S/C24H27N11O2/c36-23(30-19-14-33(16-3-1-4-16)31-21(19)24(37)28-15-5-6-15)18-8-12-32-22(29-18)17(13-27-32)20-7-10-26-35(20)34-11-2-9-25-34/h7-8,10,12-16,25H,1-6,9,11H2,(H,28,37)(H,30,36). The van der Waals surface area contributed by atoms with Crippen molar-refractivity contribution in [2.24, 2.45) is 0 Å². The Morgan fingerprint density at radius 2 is 1.95 bits per heavy atom. The Morgan fingerprint density at radius 1 is 1.05 bits per heavy atom. The van der Waals surface area contributed by atoms with Gasteiger partial charge in [-0.1, -0.05) is 0 Å². The van der Waals surface area contributed by atoms with E-state index in [1.165, 1.54) is 0 Å². The van der Waals surface area contributed by atoms with Gasteiger partial charge in [0.05, 0.1) is 41.9 Å². The maximum Gasteiger partial charge on any atom is 0.274 e. The maximum absolute atomic E-state index is 13.3. The van der Waals surface area contributed by atoms with Crippen molar-refractivity contribution in [2.45, 2.75) is 50.6 Å². The number of nitrogens with zero attached hydrogens (tertiary/aromatic N) is 8. The van der Waals surface area contributed by atoms with Gasteiger partial charge >= 0.3 is 0 Å². The Hall–Kier alpha value is -4.26. The lowest BCUT2D eigenvalue weighted by atomic mass is 9.93. The molecule has 3 fully saturated rings. The van der Waals surface area contributed by atoms with Crippen LogP contribution in [-0.4, -0.2) is 65.2 Å². The quantitative estimate of drug-likeness (QED) is 0.346. The van der Waals surface area contributed by atoms with Gasteiger partial charge in [-0.3, -0.25) is 14.3 Å². The molecule has 1 saturated heterocycles. The van der Waals surface area contributed by atoms with Gasteiger partial charge in [-0.05, 0) is 50.7 Å². The van der Waals surface area contributed by atoms with Gasteiger partial charge < -0.3 is 10.6 Å². The van der Waals surface area contributed by atoms with E-state index in [0.29, 0.717) is 11.3 Å². The van der Waals surface area contributed by atoms with Crippen LogP contribution < -0.4 is 21.2 Å². The fourth-order valence-electron chi connectivity index (χ4n) is 4.70. The average molecular weight is 502 g/mol. The topological polar surface area (TPSA) is 139 Å². The Bertz CT molecular complexity index is 1490. The summed E-state index contributed by atoms with van der Waals surface area (Å²) in [5, 5.41) is 21.2.